The van der Waals surface area contributed by atoms with Gasteiger partial charge in [0.1, 0.15) is 18.8 Å². The highest BCUT2D eigenvalue weighted by Gasteiger charge is 2.48. The maximum Gasteiger partial charge on any atom is 0.408 e. The van der Waals surface area contributed by atoms with Gasteiger partial charge in [0.25, 0.3) is 5.91 Å². The van der Waals surface area contributed by atoms with Crippen molar-refractivity contribution in [3.05, 3.63) is 29.3 Å². The number of alkyl halides is 3. The molecule has 10 heteroatoms. The lowest BCUT2D eigenvalue weighted by Crippen LogP contribution is -2.48. The lowest BCUT2D eigenvalue weighted by molar-refractivity contribution is -0.182. The predicted octanol–water partition coefficient (Wildman–Crippen LogP) is 2.89. The number of carbonyl (C=O) groups is 2. The Morgan fingerprint density at radius 2 is 2.17 bits per heavy atom. The summed E-state index contributed by atoms with van der Waals surface area (Å²) in [6, 6.07) is 3.59. The molecule has 2 atom stereocenters. The Balaban J connectivity index is 1.73. The van der Waals surface area contributed by atoms with Gasteiger partial charge in [-0.1, -0.05) is 12.1 Å². The third-order valence-corrected chi connectivity index (χ3v) is 5.51. The molecular formula is C20H26F3N5O2. The average Bonchev–Trinajstić information content (AvgIpc) is 3.28. The summed E-state index contributed by atoms with van der Waals surface area (Å²) in [6.45, 7) is 3.57. The topological polar surface area (TPSA) is 68.2 Å². The normalized spacial score (nSPS) is 20.1. The van der Waals surface area contributed by atoms with Gasteiger partial charge in [0.15, 0.2) is 0 Å². The van der Waals surface area contributed by atoms with E-state index in [4.69, 9.17) is 0 Å². The number of likely N-dealkylation sites (tertiary alicyclic amines) is 1. The summed E-state index contributed by atoms with van der Waals surface area (Å²) in [6.07, 6.45) is -2.79. The van der Waals surface area contributed by atoms with Crippen LogP contribution in [0, 0.1) is 0 Å². The van der Waals surface area contributed by atoms with E-state index in [1.807, 2.05) is 6.92 Å². The molecule has 7 nitrogen and oxygen atoms in total. The second-order valence-corrected chi connectivity index (χ2v) is 7.56. The van der Waals surface area contributed by atoms with Crippen LogP contribution in [-0.2, 0) is 11.3 Å². The number of halogens is 3. The van der Waals surface area contributed by atoms with Crippen LogP contribution in [-0.4, -0.2) is 71.4 Å². The summed E-state index contributed by atoms with van der Waals surface area (Å²) in [5, 5.41) is 9.10. The Morgan fingerprint density at radius 1 is 1.43 bits per heavy atom. The molecular weight excluding hydrogens is 399 g/mol. The van der Waals surface area contributed by atoms with Crippen LogP contribution in [0.25, 0.3) is 0 Å². The standard InChI is InChI=1S/C20H26F3N5O2/c1-4-24-26(3)13(2)25-15-8-5-7-14-11-27(19(30)18(14)15)12-17(29)28-10-6-9-16(28)20(21,22)23/h4-5,7-8,13,16,25H,6,9-12H2,1-3H3/b24-4-/t13?,16-/m0/s1. The van der Waals surface area contributed by atoms with Gasteiger partial charge in [0.05, 0.1) is 5.56 Å². The summed E-state index contributed by atoms with van der Waals surface area (Å²) >= 11 is 0. The van der Waals surface area contributed by atoms with Gasteiger partial charge in [-0.15, -0.1) is 0 Å². The van der Waals surface area contributed by atoms with Gasteiger partial charge in [-0.3, -0.25) is 14.6 Å². The van der Waals surface area contributed by atoms with E-state index in [1.165, 1.54) is 4.90 Å². The minimum atomic E-state index is -4.45. The van der Waals surface area contributed by atoms with Crippen LogP contribution in [0.2, 0.25) is 0 Å². The molecule has 164 valence electrons. The van der Waals surface area contributed by atoms with Gasteiger partial charge >= 0.3 is 6.18 Å². The van der Waals surface area contributed by atoms with Crippen molar-refractivity contribution in [3.63, 3.8) is 0 Å². The van der Waals surface area contributed by atoms with E-state index in [2.05, 4.69) is 10.4 Å². The molecule has 1 fully saturated rings. The monoisotopic (exact) mass is 425 g/mol. The molecule has 0 aromatic heterocycles. The fourth-order valence-electron chi connectivity index (χ4n) is 3.93. The van der Waals surface area contributed by atoms with Crippen molar-refractivity contribution in [3.8, 4) is 0 Å². The molecule has 1 aromatic carbocycles. The second-order valence-electron chi connectivity index (χ2n) is 7.56. The number of anilines is 1. The second kappa shape index (κ2) is 8.53. The first-order valence-electron chi connectivity index (χ1n) is 9.88. The molecule has 2 aliphatic rings. The van der Waals surface area contributed by atoms with Crippen LogP contribution in [0.15, 0.2) is 23.3 Å². The van der Waals surface area contributed by atoms with E-state index >= 15 is 0 Å². The minimum Gasteiger partial charge on any atom is -0.364 e. The minimum absolute atomic E-state index is 0.0621. The first-order chi connectivity index (χ1) is 14.1. The van der Waals surface area contributed by atoms with E-state index < -0.39 is 18.1 Å². The number of hydrogen-bond donors (Lipinski definition) is 1. The highest BCUT2D eigenvalue weighted by atomic mass is 19.4. The van der Waals surface area contributed by atoms with Gasteiger partial charge in [-0.25, -0.2) is 0 Å². The van der Waals surface area contributed by atoms with Gasteiger partial charge < -0.3 is 15.1 Å². The maximum absolute atomic E-state index is 13.2. The Labute approximate surface area is 173 Å². The van der Waals surface area contributed by atoms with Crippen LogP contribution < -0.4 is 5.32 Å². The summed E-state index contributed by atoms with van der Waals surface area (Å²) in [4.78, 5) is 27.7. The van der Waals surface area contributed by atoms with Crippen molar-refractivity contribution in [2.24, 2.45) is 5.10 Å². The lowest BCUT2D eigenvalue weighted by Gasteiger charge is -2.28. The van der Waals surface area contributed by atoms with Crippen molar-refractivity contribution >= 4 is 23.7 Å². The number of benzene rings is 1. The largest absolute Gasteiger partial charge is 0.408 e. The number of carbonyl (C=O) groups excluding carboxylic acids is 2. The molecule has 30 heavy (non-hydrogen) atoms. The van der Waals surface area contributed by atoms with Crippen LogP contribution in [0.4, 0.5) is 18.9 Å². The number of hydrogen-bond acceptors (Lipinski definition) is 5. The highest BCUT2D eigenvalue weighted by Crippen LogP contribution is 2.34. The highest BCUT2D eigenvalue weighted by molar-refractivity contribution is 6.04. The summed E-state index contributed by atoms with van der Waals surface area (Å²) in [5.74, 6) is -1.03. The van der Waals surface area contributed by atoms with E-state index in [1.54, 1.807) is 43.4 Å². The molecule has 1 saturated heterocycles. The summed E-state index contributed by atoms with van der Waals surface area (Å²) < 4.78 is 39.5. The number of rotatable bonds is 6. The molecule has 0 saturated carbocycles. The molecule has 0 spiro atoms. The van der Waals surface area contributed by atoms with E-state index in [9.17, 15) is 22.8 Å². The fraction of sp³-hybridized carbons (Fsp3) is 0.550. The van der Waals surface area contributed by atoms with Gasteiger partial charge in [0.2, 0.25) is 5.91 Å². The van der Waals surface area contributed by atoms with Crippen LogP contribution in [0.5, 0.6) is 0 Å². The van der Waals surface area contributed by atoms with Crippen LogP contribution in [0.1, 0.15) is 42.6 Å². The molecule has 2 aliphatic heterocycles. The van der Waals surface area contributed by atoms with Crippen molar-refractivity contribution < 1.29 is 22.8 Å². The number of nitrogens with zero attached hydrogens (tertiary/aromatic N) is 4. The Hall–Kier alpha value is -2.78. The molecule has 0 aliphatic carbocycles. The fourth-order valence-corrected chi connectivity index (χ4v) is 3.93. The van der Waals surface area contributed by atoms with Crippen LogP contribution in [0.3, 0.4) is 0 Å². The zero-order chi connectivity index (χ0) is 22.1. The number of fused-ring (bicyclic) bond motifs is 1. The summed E-state index contributed by atoms with van der Waals surface area (Å²) in [5.41, 5.74) is 1.78. The number of amides is 2. The van der Waals surface area contributed by atoms with Crippen molar-refractivity contribution in [1.82, 2.24) is 14.8 Å². The molecule has 0 bridgehead atoms. The predicted molar refractivity (Wildman–Crippen MR) is 107 cm³/mol. The molecule has 0 radical (unpaired) electrons. The molecule has 1 unspecified atom stereocenters. The van der Waals surface area contributed by atoms with E-state index in [0.29, 0.717) is 17.7 Å². The first kappa shape index (κ1) is 21.9. The van der Waals surface area contributed by atoms with E-state index in [0.717, 1.165) is 10.5 Å². The Bertz CT molecular complexity index is 842. The third-order valence-electron chi connectivity index (χ3n) is 5.51. The first-order valence-corrected chi connectivity index (χ1v) is 9.88. The third kappa shape index (κ3) is 4.36. The molecule has 1 N–H and O–H groups in total. The summed E-state index contributed by atoms with van der Waals surface area (Å²) in [7, 11) is 1.79. The van der Waals surface area contributed by atoms with Crippen LogP contribution >= 0.6 is 0 Å². The molecule has 3 rings (SSSR count). The van der Waals surface area contributed by atoms with Gasteiger partial charge in [0, 0.05) is 32.0 Å². The number of nitrogens with one attached hydrogen (secondary N) is 1. The lowest BCUT2D eigenvalue weighted by atomic mass is 10.1. The van der Waals surface area contributed by atoms with Gasteiger partial charge in [-0.2, -0.15) is 18.3 Å². The maximum atomic E-state index is 13.2. The average molecular weight is 425 g/mol. The quantitative estimate of drug-likeness (QED) is 0.432. The van der Waals surface area contributed by atoms with Crippen molar-refractivity contribution in [2.45, 2.75) is 51.6 Å². The van der Waals surface area contributed by atoms with Crippen molar-refractivity contribution in [2.75, 3.05) is 25.5 Å². The zero-order valence-corrected chi connectivity index (χ0v) is 17.2. The molecule has 2 amide bonds. The SMILES string of the molecule is C/C=N\N(C)C(C)Nc1cccc2c1C(=O)N(CC(=O)N1CCC[C@H]1C(F)(F)F)C2. The van der Waals surface area contributed by atoms with Crippen molar-refractivity contribution in [1.29, 1.82) is 0 Å². The Morgan fingerprint density at radius 3 is 2.83 bits per heavy atom. The molecule has 2 heterocycles. The van der Waals surface area contributed by atoms with Gasteiger partial charge in [-0.05, 0) is 38.3 Å². The Kier molecular flexibility index (Phi) is 6.23. The zero-order valence-electron chi connectivity index (χ0n) is 17.2. The molecule has 1 aromatic rings. The number of hydrazone groups is 1. The smallest absolute Gasteiger partial charge is 0.364 e. The van der Waals surface area contributed by atoms with E-state index in [-0.39, 0.29) is 38.1 Å².